The Morgan fingerprint density at radius 3 is 2.29 bits per heavy atom. The van der Waals surface area contributed by atoms with E-state index in [1.54, 1.807) is 25.1 Å². The lowest BCUT2D eigenvalue weighted by molar-refractivity contribution is -0.159. The minimum atomic E-state index is -2.10. The molecule has 0 aliphatic carbocycles. The van der Waals surface area contributed by atoms with E-state index in [4.69, 9.17) is 9.16 Å². The largest absolute Gasteiger partial charge is 0.467 e. The van der Waals surface area contributed by atoms with Gasteiger partial charge in [-0.1, -0.05) is 53.7 Å². The molecule has 7 nitrogen and oxygen atoms in total. The summed E-state index contributed by atoms with van der Waals surface area (Å²) in [7, 11) is -2.10. The van der Waals surface area contributed by atoms with Crippen LogP contribution in [0.15, 0.2) is 24.3 Å². The lowest BCUT2D eigenvalue weighted by Gasteiger charge is -2.49. The minimum absolute atomic E-state index is 0.00518. The van der Waals surface area contributed by atoms with Crippen molar-refractivity contribution in [3.05, 3.63) is 29.8 Å². The fourth-order valence-corrected chi connectivity index (χ4v) is 6.16. The Hall–Kier alpha value is -2.19. The van der Waals surface area contributed by atoms with Gasteiger partial charge in [0.05, 0.1) is 29.5 Å². The molecular formula is C26H40N2O5Si. The summed E-state index contributed by atoms with van der Waals surface area (Å²) in [5.74, 6) is -1.35. The van der Waals surface area contributed by atoms with Gasteiger partial charge in [0.1, 0.15) is 5.75 Å². The van der Waals surface area contributed by atoms with Gasteiger partial charge < -0.3 is 14.5 Å². The molecule has 8 heteroatoms. The van der Waals surface area contributed by atoms with Crippen LogP contribution >= 0.6 is 0 Å². The number of carbonyl (C=O) groups is 3. The number of carbonyl (C=O) groups excluding carboxylic acids is 3. The van der Waals surface area contributed by atoms with E-state index in [0.717, 1.165) is 0 Å². The van der Waals surface area contributed by atoms with E-state index in [1.165, 1.54) is 4.90 Å². The van der Waals surface area contributed by atoms with Gasteiger partial charge in [-0.3, -0.25) is 14.4 Å². The van der Waals surface area contributed by atoms with Gasteiger partial charge in [0, 0.05) is 12.8 Å². The molecule has 3 amide bonds. The van der Waals surface area contributed by atoms with Crippen molar-refractivity contribution >= 4 is 26.0 Å². The molecule has 1 N–H and O–H groups in total. The highest BCUT2D eigenvalue weighted by molar-refractivity contribution is 6.74. The molecule has 34 heavy (non-hydrogen) atoms. The molecule has 3 rings (SSSR count). The summed E-state index contributed by atoms with van der Waals surface area (Å²) in [6.07, 6.45) is 0.604. The average molecular weight is 489 g/mol. The second kappa shape index (κ2) is 9.11. The Bertz CT molecular complexity index is 966. The average Bonchev–Trinajstić information content (AvgIpc) is 2.75. The fourth-order valence-electron chi connectivity index (χ4n) is 4.73. The Balaban J connectivity index is 1.87. The zero-order valence-corrected chi connectivity index (χ0v) is 23.0. The second-order valence-electron chi connectivity index (χ2n) is 11.2. The van der Waals surface area contributed by atoms with Crippen LogP contribution < -0.4 is 10.1 Å². The molecule has 0 unspecified atom stereocenters. The summed E-state index contributed by atoms with van der Waals surface area (Å²) in [5.41, 5.74) is -0.673. The number of fused-ring (bicyclic) bond motifs is 1. The van der Waals surface area contributed by atoms with Gasteiger partial charge >= 0.3 is 0 Å². The van der Waals surface area contributed by atoms with Crippen LogP contribution in [0.5, 0.6) is 5.75 Å². The quantitative estimate of drug-likeness (QED) is 0.443. The standard InChI is InChI=1S/C26H40N2O5Si/c1-10-26(11-2)28(24(31)18-14-12-13-15-19(18)32-26)23(30)16(3)21-20(22(29)27-21)17(4)33-34(8,9)25(5,6)7/h12-17,20-21H,10-11H2,1-9H3,(H,27,29)/t16-,17-,20-,21-/m1/s1. The normalized spacial score (nSPS) is 23.9. The van der Waals surface area contributed by atoms with Crippen molar-refractivity contribution in [2.45, 2.75) is 97.3 Å². The topological polar surface area (TPSA) is 84.9 Å². The molecular weight excluding hydrogens is 448 g/mol. The Labute approximate surface area is 204 Å². The fraction of sp³-hybridized carbons (Fsp3) is 0.654. The third kappa shape index (κ3) is 4.30. The number of hydrogen-bond acceptors (Lipinski definition) is 5. The van der Waals surface area contributed by atoms with Gasteiger partial charge in [0.2, 0.25) is 11.8 Å². The highest BCUT2D eigenvalue weighted by Gasteiger charge is 2.55. The number of imide groups is 1. The van der Waals surface area contributed by atoms with Crippen molar-refractivity contribution in [1.29, 1.82) is 0 Å². The van der Waals surface area contributed by atoms with E-state index in [1.807, 2.05) is 26.8 Å². The highest BCUT2D eigenvalue weighted by Crippen LogP contribution is 2.41. The van der Waals surface area contributed by atoms with Crippen LogP contribution in [0.25, 0.3) is 0 Å². The van der Waals surface area contributed by atoms with Crippen LogP contribution in [0.4, 0.5) is 0 Å². The number of ether oxygens (including phenoxy) is 1. The molecule has 1 saturated heterocycles. The van der Waals surface area contributed by atoms with Gasteiger partial charge in [0.25, 0.3) is 5.91 Å². The van der Waals surface area contributed by atoms with Crippen LogP contribution in [0.1, 0.15) is 71.7 Å². The first kappa shape index (κ1) is 26.4. The Morgan fingerprint density at radius 2 is 1.76 bits per heavy atom. The summed E-state index contributed by atoms with van der Waals surface area (Å²) in [4.78, 5) is 41.3. The van der Waals surface area contributed by atoms with Crippen molar-refractivity contribution in [1.82, 2.24) is 10.2 Å². The van der Waals surface area contributed by atoms with E-state index in [-0.39, 0.29) is 28.9 Å². The number of nitrogens with zero attached hydrogens (tertiary/aromatic N) is 1. The number of amides is 3. The second-order valence-corrected chi connectivity index (χ2v) is 15.9. The zero-order valence-electron chi connectivity index (χ0n) is 22.0. The first-order valence-corrected chi connectivity index (χ1v) is 15.3. The molecule has 0 bridgehead atoms. The summed E-state index contributed by atoms with van der Waals surface area (Å²) in [5, 5.41) is 2.92. The summed E-state index contributed by atoms with van der Waals surface area (Å²) < 4.78 is 12.8. The van der Waals surface area contributed by atoms with Gasteiger partial charge in [-0.05, 0) is 37.2 Å². The van der Waals surface area contributed by atoms with Gasteiger partial charge in [-0.15, -0.1) is 0 Å². The number of rotatable bonds is 7. The van der Waals surface area contributed by atoms with Crippen molar-refractivity contribution in [2.75, 3.05) is 0 Å². The predicted octanol–water partition coefficient (Wildman–Crippen LogP) is 4.73. The lowest BCUT2D eigenvalue weighted by atomic mass is 9.78. The van der Waals surface area contributed by atoms with Crippen LogP contribution in [0.3, 0.4) is 0 Å². The highest BCUT2D eigenvalue weighted by atomic mass is 28.4. The molecule has 0 radical (unpaired) electrons. The van der Waals surface area contributed by atoms with E-state index >= 15 is 0 Å². The molecule has 0 saturated carbocycles. The van der Waals surface area contributed by atoms with Crippen LogP contribution in [0.2, 0.25) is 18.1 Å². The molecule has 2 heterocycles. The summed E-state index contributed by atoms with van der Waals surface area (Å²) in [6, 6.07) is 6.62. The van der Waals surface area contributed by atoms with Crippen molar-refractivity contribution in [3.8, 4) is 5.75 Å². The molecule has 2 aliphatic rings. The van der Waals surface area contributed by atoms with Crippen LogP contribution in [-0.4, -0.2) is 48.8 Å². The number of nitrogens with one attached hydrogen (secondary N) is 1. The first-order chi connectivity index (χ1) is 15.7. The van der Waals surface area contributed by atoms with Crippen LogP contribution in [-0.2, 0) is 14.0 Å². The molecule has 4 atom stereocenters. The zero-order chi connectivity index (χ0) is 25.6. The maximum Gasteiger partial charge on any atom is 0.267 e. The number of para-hydroxylation sites is 1. The third-order valence-electron chi connectivity index (χ3n) is 8.07. The molecule has 1 aromatic rings. The summed E-state index contributed by atoms with van der Waals surface area (Å²) in [6.45, 7) is 18.3. The SMILES string of the molecule is CCC1(CC)Oc2ccccc2C(=O)N1C(=O)[C@H](C)[C@H]1NC(=O)[C@@H]1[C@@H](C)O[Si](C)(C)C(C)(C)C. The molecule has 1 fully saturated rings. The molecule has 0 aromatic heterocycles. The minimum Gasteiger partial charge on any atom is -0.467 e. The third-order valence-corrected chi connectivity index (χ3v) is 12.6. The molecule has 1 aromatic carbocycles. The van der Waals surface area contributed by atoms with E-state index < -0.39 is 31.9 Å². The van der Waals surface area contributed by atoms with Crippen molar-refractivity contribution < 1.29 is 23.5 Å². The van der Waals surface area contributed by atoms with Crippen molar-refractivity contribution in [2.24, 2.45) is 11.8 Å². The maximum absolute atomic E-state index is 13.8. The monoisotopic (exact) mass is 488 g/mol. The van der Waals surface area contributed by atoms with E-state index in [2.05, 4.69) is 39.2 Å². The van der Waals surface area contributed by atoms with E-state index in [9.17, 15) is 14.4 Å². The van der Waals surface area contributed by atoms with Gasteiger partial charge in [-0.2, -0.15) is 0 Å². The molecule has 188 valence electrons. The number of β-lactam (4-membered cyclic amide) rings is 1. The first-order valence-electron chi connectivity index (χ1n) is 12.4. The maximum atomic E-state index is 13.8. The predicted molar refractivity (Wildman–Crippen MR) is 134 cm³/mol. The van der Waals surface area contributed by atoms with Crippen LogP contribution in [0, 0.1) is 11.8 Å². The Morgan fingerprint density at radius 1 is 1.18 bits per heavy atom. The van der Waals surface area contributed by atoms with Gasteiger partial charge in [-0.25, -0.2) is 4.90 Å². The van der Waals surface area contributed by atoms with Crippen molar-refractivity contribution in [3.63, 3.8) is 0 Å². The smallest absolute Gasteiger partial charge is 0.267 e. The van der Waals surface area contributed by atoms with E-state index in [0.29, 0.717) is 24.2 Å². The summed E-state index contributed by atoms with van der Waals surface area (Å²) >= 11 is 0. The molecule has 2 aliphatic heterocycles. The lowest BCUT2D eigenvalue weighted by Crippen LogP contribution is -2.69. The Kier molecular flexibility index (Phi) is 7.08. The number of hydrogen-bond donors (Lipinski definition) is 1. The number of benzene rings is 1. The van der Waals surface area contributed by atoms with Gasteiger partial charge in [0.15, 0.2) is 14.0 Å². The molecule has 0 spiro atoms.